The maximum Gasteiger partial charge on any atom is 0.410 e. The first-order valence-electron chi connectivity index (χ1n) is 9.52. The lowest BCUT2D eigenvalue weighted by Gasteiger charge is -2.26. The van der Waals surface area contributed by atoms with Crippen molar-refractivity contribution in [1.29, 1.82) is 5.26 Å². The van der Waals surface area contributed by atoms with E-state index in [1.54, 1.807) is 19.3 Å². The molecule has 0 bridgehead atoms. The van der Waals surface area contributed by atoms with E-state index in [2.05, 4.69) is 16.0 Å². The normalized spacial score (nSPS) is 14.8. The predicted molar refractivity (Wildman–Crippen MR) is 106 cm³/mol. The van der Waals surface area contributed by atoms with Crippen LogP contribution in [0.4, 0.5) is 10.6 Å². The molecule has 1 aliphatic heterocycles. The number of amides is 2. The van der Waals surface area contributed by atoms with E-state index in [0.717, 1.165) is 18.8 Å². The topological polar surface area (TPSA) is 89.8 Å². The highest BCUT2D eigenvalue weighted by atomic mass is 16.6. The highest BCUT2D eigenvalue weighted by Crippen LogP contribution is 2.15. The van der Waals surface area contributed by atoms with Crippen LogP contribution in [0.15, 0.2) is 18.3 Å². The molecule has 1 aromatic heterocycles. The van der Waals surface area contributed by atoms with Crippen LogP contribution in [0.3, 0.4) is 0 Å². The zero-order valence-corrected chi connectivity index (χ0v) is 17.1. The molecular weight excluding hydrogens is 358 g/mol. The van der Waals surface area contributed by atoms with Crippen LogP contribution in [0.5, 0.6) is 0 Å². The molecule has 2 amide bonds. The van der Waals surface area contributed by atoms with Crippen molar-refractivity contribution in [2.24, 2.45) is 0 Å². The molecule has 1 saturated heterocycles. The second-order valence-corrected chi connectivity index (χ2v) is 7.89. The molecule has 1 aromatic rings. The van der Waals surface area contributed by atoms with Crippen LogP contribution in [-0.4, -0.2) is 72.2 Å². The Balaban J connectivity index is 1.83. The van der Waals surface area contributed by atoms with Crippen molar-refractivity contribution in [3.8, 4) is 6.07 Å². The standard InChI is InChI=1S/C20H29N5O3/c1-20(2,3)28-19(27)23(4)11-8-18(26)25-10-5-9-24(12-13-25)17-7-6-16(14-21)15-22-17/h6-7,15H,5,8-13H2,1-4H3. The van der Waals surface area contributed by atoms with Gasteiger partial charge < -0.3 is 19.4 Å². The van der Waals surface area contributed by atoms with Crippen molar-refractivity contribution in [3.05, 3.63) is 23.9 Å². The van der Waals surface area contributed by atoms with Crippen molar-refractivity contribution < 1.29 is 14.3 Å². The summed E-state index contributed by atoms with van der Waals surface area (Å²) in [5, 5.41) is 8.88. The van der Waals surface area contributed by atoms with Gasteiger partial charge in [0.1, 0.15) is 17.5 Å². The molecule has 8 heteroatoms. The minimum Gasteiger partial charge on any atom is -0.444 e. The third kappa shape index (κ3) is 6.41. The van der Waals surface area contributed by atoms with Gasteiger partial charge in [-0.05, 0) is 39.3 Å². The van der Waals surface area contributed by atoms with Crippen LogP contribution in [0, 0.1) is 11.3 Å². The average Bonchev–Trinajstić information content (AvgIpc) is 2.90. The molecule has 0 aliphatic carbocycles. The number of ether oxygens (including phenoxy) is 1. The quantitative estimate of drug-likeness (QED) is 0.787. The largest absolute Gasteiger partial charge is 0.444 e. The summed E-state index contributed by atoms with van der Waals surface area (Å²) < 4.78 is 5.31. The van der Waals surface area contributed by atoms with Crippen LogP contribution >= 0.6 is 0 Å². The third-order valence-corrected chi connectivity index (χ3v) is 4.42. The van der Waals surface area contributed by atoms with E-state index < -0.39 is 11.7 Å². The van der Waals surface area contributed by atoms with E-state index in [4.69, 9.17) is 10.00 Å². The first-order chi connectivity index (χ1) is 13.2. The molecule has 0 N–H and O–H groups in total. The summed E-state index contributed by atoms with van der Waals surface area (Å²) in [6, 6.07) is 5.66. The maximum absolute atomic E-state index is 12.6. The van der Waals surface area contributed by atoms with Crippen molar-refractivity contribution in [1.82, 2.24) is 14.8 Å². The van der Waals surface area contributed by atoms with Crippen molar-refractivity contribution in [3.63, 3.8) is 0 Å². The Morgan fingerprint density at radius 3 is 2.61 bits per heavy atom. The summed E-state index contributed by atoms with van der Waals surface area (Å²) in [4.78, 5) is 34.3. The van der Waals surface area contributed by atoms with Gasteiger partial charge in [-0.1, -0.05) is 0 Å². The number of anilines is 1. The number of nitriles is 1. The number of carbonyl (C=O) groups excluding carboxylic acids is 2. The first kappa shape index (κ1) is 21.5. The number of aromatic nitrogens is 1. The predicted octanol–water partition coefficient (Wildman–Crippen LogP) is 2.25. The van der Waals surface area contributed by atoms with Crippen LogP contribution < -0.4 is 4.90 Å². The van der Waals surface area contributed by atoms with Crippen LogP contribution in [-0.2, 0) is 9.53 Å². The van der Waals surface area contributed by atoms with Gasteiger partial charge in [0.05, 0.1) is 5.56 Å². The van der Waals surface area contributed by atoms with Gasteiger partial charge in [-0.25, -0.2) is 9.78 Å². The number of hydrogen-bond acceptors (Lipinski definition) is 6. The summed E-state index contributed by atoms with van der Waals surface area (Å²) in [5.74, 6) is 0.850. The third-order valence-electron chi connectivity index (χ3n) is 4.42. The summed E-state index contributed by atoms with van der Waals surface area (Å²) >= 11 is 0. The molecule has 8 nitrogen and oxygen atoms in total. The maximum atomic E-state index is 12.6. The minimum absolute atomic E-state index is 0.0325. The molecule has 152 valence electrons. The number of carbonyl (C=O) groups is 2. The Hall–Kier alpha value is -2.82. The number of nitrogens with zero attached hydrogens (tertiary/aromatic N) is 5. The van der Waals surface area contributed by atoms with Crippen LogP contribution in [0.25, 0.3) is 0 Å². The molecule has 2 rings (SSSR count). The van der Waals surface area contributed by atoms with Gasteiger partial charge in [0, 0.05) is 52.4 Å². The summed E-state index contributed by atoms with van der Waals surface area (Å²) in [5.41, 5.74) is -0.0206. The fraction of sp³-hybridized carbons (Fsp3) is 0.600. The number of pyridine rings is 1. The van der Waals surface area contributed by atoms with E-state index in [1.165, 1.54) is 4.90 Å². The van der Waals surface area contributed by atoms with E-state index in [0.29, 0.717) is 31.7 Å². The SMILES string of the molecule is CN(CCC(=O)N1CCCN(c2ccc(C#N)cn2)CC1)C(=O)OC(C)(C)C. The average molecular weight is 387 g/mol. The molecule has 1 aliphatic rings. The van der Waals surface area contributed by atoms with Gasteiger partial charge in [0.15, 0.2) is 0 Å². The highest BCUT2D eigenvalue weighted by molar-refractivity contribution is 5.77. The van der Waals surface area contributed by atoms with Crippen LogP contribution in [0.1, 0.15) is 39.2 Å². The lowest BCUT2D eigenvalue weighted by molar-refractivity contribution is -0.131. The van der Waals surface area contributed by atoms with Crippen LogP contribution in [0.2, 0.25) is 0 Å². The van der Waals surface area contributed by atoms with E-state index in [-0.39, 0.29) is 12.3 Å². The Morgan fingerprint density at radius 2 is 2.00 bits per heavy atom. The fourth-order valence-electron chi connectivity index (χ4n) is 2.89. The Bertz CT molecular complexity index is 721. The molecule has 0 saturated carbocycles. The van der Waals surface area contributed by atoms with E-state index >= 15 is 0 Å². The van der Waals surface area contributed by atoms with E-state index in [9.17, 15) is 9.59 Å². The smallest absolute Gasteiger partial charge is 0.410 e. The molecule has 0 radical (unpaired) electrons. The Morgan fingerprint density at radius 1 is 1.25 bits per heavy atom. The number of rotatable bonds is 4. The van der Waals surface area contributed by atoms with Crippen molar-refractivity contribution >= 4 is 17.8 Å². The zero-order chi connectivity index (χ0) is 20.7. The van der Waals surface area contributed by atoms with Gasteiger partial charge in [-0.15, -0.1) is 0 Å². The fourth-order valence-corrected chi connectivity index (χ4v) is 2.89. The second-order valence-electron chi connectivity index (χ2n) is 7.89. The molecule has 28 heavy (non-hydrogen) atoms. The zero-order valence-electron chi connectivity index (χ0n) is 17.1. The molecule has 0 aromatic carbocycles. The molecule has 0 atom stereocenters. The van der Waals surface area contributed by atoms with Gasteiger partial charge in [-0.3, -0.25) is 4.79 Å². The molecule has 2 heterocycles. The van der Waals surface area contributed by atoms with Gasteiger partial charge in [0.25, 0.3) is 0 Å². The molecule has 0 spiro atoms. The summed E-state index contributed by atoms with van der Waals surface area (Å²) in [6.07, 6.45) is 2.25. The Labute approximate surface area is 166 Å². The lowest BCUT2D eigenvalue weighted by atomic mass is 10.2. The summed E-state index contributed by atoms with van der Waals surface area (Å²) in [7, 11) is 1.64. The minimum atomic E-state index is -0.553. The monoisotopic (exact) mass is 387 g/mol. The highest BCUT2D eigenvalue weighted by Gasteiger charge is 2.23. The second kappa shape index (κ2) is 9.40. The van der Waals surface area contributed by atoms with Gasteiger partial charge in [0.2, 0.25) is 5.91 Å². The number of hydrogen-bond donors (Lipinski definition) is 0. The van der Waals surface area contributed by atoms with Crippen molar-refractivity contribution in [2.45, 2.75) is 39.2 Å². The lowest BCUT2D eigenvalue weighted by Crippen LogP contribution is -2.39. The molecule has 1 fully saturated rings. The molecule has 0 unspecified atom stereocenters. The first-order valence-corrected chi connectivity index (χ1v) is 9.52. The van der Waals surface area contributed by atoms with Crippen molar-refractivity contribution in [2.75, 3.05) is 44.7 Å². The Kier molecular flexibility index (Phi) is 7.21. The molecular formula is C20H29N5O3. The van der Waals surface area contributed by atoms with Gasteiger partial charge >= 0.3 is 6.09 Å². The van der Waals surface area contributed by atoms with Gasteiger partial charge in [-0.2, -0.15) is 5.26 Å². The van der Waals surface area contributed by atoms with E-state index in [1.807, 2.05) is 31.7 Å². The summed E-state index contributed by atoms with van der Waals surface area (Å²) in [6.45, 7) is 8.55.